The monoisotopic (exact) mass is 395 g/mol. The minimum Gasteiger partial charge on any atom is -0.423 e. The first kappa shape index (κ1) is 19.9. The normalized spacial score (nSPS) is 10.8. The second kappa shape index (κ2) is 8.89. The smallest absolute Gasteiger partial charge is 0.336 e. The van der Waals surface area contributed by atoms with E-state index in [2.05, 4.69) is 5.32 Å². The predicted molar refractivity (Wildman–Crippen MR) is 113 cm³/mol. The van der Waals surface area contributed by atoms with Crippen LogP contribution in [0.1, 0.15) is 35.3 Å². The summed E-state index contributed by atoms with van der Waals surface area (Å²) in [4.78, 5) is 35.5. The summed E-state index contributed by atoms with van der Waals surface area (Å²) in [6.45, 7) is 3.53. The molecule has 0 bridgehead atoms. The van der Waals surface area contributed by atoms with Crippen molar-refractivity contribution in [3.63, 3.8) is 0 Å². The van der Waals surface area contributed by atoms with Crippen molar-refractivity contribution < 1.29 is 14.0 Å². The fraction of sp³-hybridized carbons (Fsp3) is 0.227. The molecule has 1 amide bonds. The molecule has 6 heteroatoms. The third kappa shape index (κ3) is 4.89. The lowest BCUT2D eigenvalue weighted by atomic mass is 10.1. The van der Waals surface area contributed by atoms with E-state index in [0.29, 0.717) is 22.6 Å². The lowest BCUT2D eigenvalue weighted by molar-refractivity contribution is -0.113. The third-order valence-corrected chi connectivity index (χ3v) is 5.33. The number of ketones is 1. The van der Waals surface area contributed by atoms with Crippen molar-refractivity contribution in [3.05, 3.63) is 75.6 Å². The Kier molecular flexibility index (Phi) is 6.31. The van der Waals surface area contributed by atoms with Crippen molar-refractivity contribution in [1.82, 2.24) is 0 Å². The number of carbonyl (C=O) groups is 2. The van der Waals surface area contributed by atoms with E-state index in [1.165, 1.54) is 24.8 Å². The first-order valence-corrected chi connectivity index (χ1v) is 10.2. The van der Waals surface area contributed by atoms with Gasteiger partial charge in [0.05, 0.1) is 5.75 Å². The van der Waals surface area contributed by atoms with Gasteiger partial charge in [-0.2, -0.15) is 0 Å². The number of carbonyl (C=O) groups excluding carboxylic acids is 2. The largest absolute Gasteiger partial charge is 0.423 e. The highest BCUT2D eigenvalue weighted by Gasteiger charge is 2.09. The van der Waals surface area contributed by atoms with Gasteiger partial charge >= 0.3 is 5.63 Å². The molecule has 0 aliphatic carbocycles. The Balaban J connectivity index is 1.65. The summed E-state index contributed by atoms with van der Waals surface area (Å²) in [6, 6.07) is 14.2. The van der Waals surface area contributed by atoms with Crippen LogP contribution in [0.4, 0.5) is 5.69 Å². The number of fused-ring (bicyclic) bond motifs is 1. The van der Waals surface area contributed by atoms with E-state index in [0.717, 1.165) is 22.9 Å². The molecule has 0 unspecified atom stereocenters. The summed E-state index contributed by atoms with van der Waals surface area (Å²) < 4.78 is 5.31. The number of rotatable bonds is 7. The van der Waals surface area contributed by atoms with Crippen molar-refractivity contribution in [2.75, 3.05) is 11.1 Å². The zero-order chi connectivity index (χ0) is 20.1. The van der Waals surface area contributed by atoms with Crippen LogP contribution < -0.4 is 10.9 Å². The minimum absolute atomic E-state index is 0.0495. The van der Waals surface area contributed by atoms with Crippen LogP contribution in [-0.2, 0) is 17.0 Å². The molecule has 5 nitrogen and oxygen atoms in total. The van der Waals surface area contributed by atoms with E-state index in [-0.39, 0.29) is 23.1 Å². The maximum Gasteiger partial charge on any atom is 0.336 e. The highest BCUT2D eigenvalue weighted by molar-refractivity contribution is 7.99. The van der Waals surface area contributed by atoms with E-state index in [9.17, 15) is 14.4 Å². The lowest BCUT2D eigenvalue weighted by Gasteiger charge is -2.08. The number of thioether (sulfide) groups is 1. The average Bonchev–Trinajstić information content (AvgIpc) is 2.67. The quantitative estimate of drug-likeness (QED) is 0.473. The highest BCUT2D eigenvalue weighted by atomic mass is 32.2. The van der Waals surface area contributed by atoms with E-state index in [1.807, 2.05) is 25.1 Å². The van der Waals surface area contributed by atoms with Crippen molar-refractivity contribution in [3.8, 4) is 0 Å². The van der Waals surface area contributed by atoms with Gasteiger partial charge in [-0.3, -0.25) is 9.59 Å². The van der Waals surface area contributed by atoms with Gasteiger partial charge in [0.15, 0.2) is 5.78 Å². The molecule has 144 valence electrons. The van der Waals surface area contributed by atoms with Crippen LogP contribution in [0, 0.1) is 0 Å². The first-order chi connectivity index (χ1) is 13.5. The minimum atomic E-state index is -0.387. The van der Waals surface area contributed by atoms with Crippen LogP contribution in [0.3, 0.4) is 0 Å². The third-order valence-electron chi connectivity index (χ3n) is 4.35. The molecule has 3 rings (SSSR count). The zero-order valence-electron chi connectivity index (χ0n) is 15.8. The Labute approximate surface area is 167 Å². The summed E-state index contributed by atoms with van der Waals surface area (Å²) in [5.74, 6) is 0.547. The van der Waals surface area contributed by atoms with Gasteiger partial charge in [-0.15, -0.1) is 11.8 Å². The van der Waals surface area contributed by atoms with Crippen molar-refractivity contribution >= 4 is 40.1 Å². The van der Waals surface area contributed by atoms with Crippen LogP contribution in [0.2, 0.25) is 0 Å². The number of Topliss-reactive ketones (excluding diaryl/α,β-unsaturated/α-hetero) is 1. The summed E-state index contributed by atoms with van der Waals surface area (Å²) in [7, 11) is 0. The Bertz CT molecular complexity index is 1090. The number of hydrogen-bond acceptors (Lipinski definition) is 5. The van der Waals surface area contributed by atoms with Crippen LogP contribution in [0.25, 0.3) is 11.0 Å². The Morgan fingerprint density at radius 3 is 2.68 bits per heavy atom. The molecule has 2 aromatic carbocycles. The van der Waals surface area contributed by atoms with Crippen molar-refractivity contribution in [2.24, 2.45) is 0 Å². The molecule has 0 fully saturated rings. The number of amides is 1. The number of anilines is 1. The summed E-state index contributed by atoms with van der Waals surface area (Å²) >= 11 is 1.42. The van der Waals surface area contributed by atoms with E-state index in [4.69, 9.17) is 4.42 Å². The Morgan fingerprint density at radius 1 is 1.11 bits per heavy atom. The molecule has 0 radical (unpaired) electrons. The molecular weight excluding hydrogens is 374 g/mol. The van der Waals surface area contributed by atoms with Crippen LogP contribution in [-0.4, -0.2) is 17.4 Å². The number of nitrogens with one attached hydrogen (secondary N) is 1. The van der Waals surface area contributed by atoms with Gasteiger partial charge in [0.25, 0.3) is 0 Å². The van der Waals surface area contributed by atoms with Gasteiger partial charge in [-0.05, 0) is 42.7 Å². The van der Waals surface area contributed by atoms with Crippen LogP contribution in [0.5, 0.6) is 0 Å². The molecule has 28 heavy (non-hydrogen) atoms. The summed E-state index contributed by atoms with van der Waals surface area (Å²) in [6.07, 6.45) is 0.865. The molecule has 0 spiro atoms. The summed E-state index contributed by atoms with van der Waals surface area (Å²) in [5.41, 5.74) is 3.29. The van der Waals surface area contributed by atoms with Gasteiger partial charge in [0.1, 0.15) is 5.58 Å². The topological polar surface area (TPSA) is 76.4 Å². The van der Waals surface area contributed by atoms with Gasteiger partial charge in [0, 0.05) is 28.5 Å². The van der Waals surface area contributed by atoms with Crippen LogP contribution in [0.15, 0.2) is 57.7 Å². The molecule has 3 aromatic rings. The molecule has 0 atom stereocenters. The van der Waals surface area contributed by atoms with Crippen molar-refractivity contribution in [1.29, 1.82) is 0 Å². The number of hydrogen-bond donors (Lipinski definition) is 1. The van der Waals surface area contributed by atoms with E-state index < -0.39 is 0 Å². The number of aryl methyl sites for hydroxylation is 1. The molecular formula is C22H21NO4S. The van der Waals surface area contributed by atoms with Gasteiger partial charge < -0.3 is 9.73 Å². The molecule has 0 saturated carbocycles. The fourth-order valence-electron chi connectivity index (χ4n) is 2.88. The molecule has 0 saturated heterocycles. The second-order valence-corrected chi connectivity index (χ2v) is 7.44. The second-order valence-electron chi connectivity index (χ2n) is 6.45. The standard InChI is InChI=1S/C22H21NO4S/c1-3-15-7-8-19-17(11-22(26)27-20(19)9-15)12-28-13-21(25)23-18-6-4-5-16(10-18)14(2)24/h4-11H,3,12-13H2,1-2H3,(H,23,25). The molecule has 0 aliphatic rings. The zero-order valence-corrected chi connectivity index (χ0v) is 16.6. The molecule has 1 N–H and O–H groups in total. The lowest BCUT2D eigenvalue weighted by Crippen LogP contribution is -2.14. The molecule has 0 aliphatic heterocycles. The SMILES string of the molecule is CCc1ccc2c(CSCC(=O)Nc3cccc(C(C)=O)c3)cc(=O)oc2c1. The highest BCUT2D eigenvalue weighted by Crippen LogP contribution is 2.23. The van der Waals surface area contributed by atoms with E-state index >= 15 is 0 Å². The van der Waals surface area contributed by atoms with Gasteiger partial charge in [0.2, 0.25) is 5.91 Å². The maximum absolute atomic E-state index is 12.2. The maximum atomic E-state index is 12.2. The average molecular weight is 395 g/mol. The van der Waals surface area contributed by atoms with Crippen molar-refractivity contribution in [2.45, 2.75) is 26.0 Å². The Morgan fingerprint density at radius 2 is 1.93 bits per heavy atom. The fourth-order valence-corrected chi connectivity index (χ4v) is 3.70. The first-order valence-electron chi connectivity index (χ1n) is 9.00. The molecule has 1 aromatic heterocycles. The predicted octanol–water partition coefficient (Wildman–Crippen LogP) is 4.43. The van der Waals surface area contributed by atoms with Gasteiger partial charge in [-0.1, -0.05) is 31.2 Å². The summed E-state index contributed by atoms with van der Waals surface area (Å²) in [5, 5.41) is 3.68. The van der Waals surface area contributed by atoms with Crippen LogP contribution >= 0.6 is 11.8 Å². The Hall–Kier alpha value is -2.86. The van der Waals surface area contributed by atoms with E-state index in [1.54, 1.807) is 24.3 Å². The molecule has 1 heterocycles. The number of benzene rings is 2. The van der Waals surface area contributed by atoms with Gasteiger partial charge in [-0.25, -0.2) is 4.79 Å².